The summed E-state index contributed by atoms with van der Waals surface area (Å²) in [4.78, 5) is 0. The van der Waals surface area contributed by atoms with Crippen LogP contribution in [0.1, 0.15) is 57.1 Å². The number of rotatable bonds is 9. The first kappa shape index (κ1) is 16.8. The van der Waals surface area contributed by atoms with Gasteiger partial charge in [-0.25, -0.2) is 0 Å². The topological polar surface area (TPSA) is 24.6 Å². The molecule has 0 spiro atoms. The van der Waals surface area contributed by atoms with E-state index in [1.165, 1.54) is 49.8 Å². The van der Waals surface area contributed by atoms with Crippen molar-refractivity contribution >= 4 is 5.69 Å². The second kappa shape index (κ2) is 10.2. The van der Waals surface area contributed by atoms with E-state index >= 15 is 0 Å². The van der Waals surface area contributed by atoms with Crippen molar-refractivity contribution in [1.29, 1.82) is 0 Å². The fourth-order valence-electron chi connectivity index (χ4n) is 2.47. The van der Waals surface area contributed by atoms with Crippen LogP contribution in [0.5, 0.6) is 0 Å². The van der Waals surface area contributed by atoms with Gasteiger partial charge in [0, 0.05) is 12.2 Å². The van der Waals surface area contributed by atoms with E-state index in [9.17, 15) is 0 Å². The predicted molar refractivity (Wildman–Crippen MR) is 94.6 cm³/mol. The third-order valence-corrected chi connectivity index (χ3v) is 3.92. The third kappa shape index (κ3) is 6.95. The standard InChI is InChI=1S/C20H29NO/c1-2-3-4-5-6-11-16-21-19-14-9-7-12-18(20-17-22-20)13-8-10-15-19/h7-10,12-15,20-21H,2-6,11,16-17H2,1H3. The molecule has 1 fully saturated rings. The highest BCUT2D eigenvalue weighted by Crippen LogP contribution is 2.28. The Bertz CT molecular complexity index is 453. The number of epoxide rings is 1. The minimum Gasteiger partial charge on any atom is -0.385 e. The van der Waals surface area contributed by atoms with Gasteiger partial charge in [0.1, 0.15) is 6.10 Å². The highest BCUT2D eigenvalue weighted by Gasteiger charge is 2.23. The van der Waals surface area contributed by atoms with Crippen LogP contribution >= 0.6 is 0 Å². The van der Waals surface area contributed by atoms with Crippen LogP contribution in [0.3, 0.4) is 0 Å². The van der Waals surface area contributed by atoms with Gasteiger partial charge >= 0.3 is 0 Å². The highest BCUT2D eigenvalue weighted by molar-refractivity contribution is 5.40. The molecule has 1 atom stereocenters. The van der Waals surface area contributed by atoms with Crippen LogP contribution in [-0.2, 0) is 4.74 Å². The monoisotopic (exact) mass is 299 g/mol. The zero-order valence-corrected chi connectivity index (χ0v) is 13.8. The van der Waals surface area contributed by atoms with Gasteiger partial charge in [0.15, 0.2) is 0 Å². The van der Waals surface area contributed by atoms with E-state index in [0.717, 1.165) is 13.2 Å². The number of hydrogen-bond acceptors (Lipinski definition) is 2. The van der Waals surface area contributed by atoms with E-state index in [4.69, 9.17) is 4.74 Å². The minimum atomic E-state index is 0.308. The average molecular weight is 299 g/mol. The zero-order chi connectivity index (χ0) is 15.5. The average Bonchev–Trinajstić information content (AvgIpc) is 3.37. The smallest absolute Gasteiger partial charge is 0.106 e. The van der Waals surface area contributed by atoms with Gasteiger partial charge in [0.2, 0.25) is 0 Å². The molecule has 0 radical (unpaired) electrons. The Morgan fingerprint density at radius 1 is 0.909 bits per heavy atom. The van der Waals surface area contributed by atoms with Crippen LogP contribution in [0.25, 0.3) is 0 Å². The third-order valence-electron chi connectivity index (χ3n) is 3.92. The van der Waals surface area contributed by atoms with E-state index in [1.54, 1.807) is 0 Å². The van der Waals surface area contributed by atoms with E-state index in [0.29, 0.717) is 6.10 Å². The Morgan fingerprint density at radius 2 is 1.50 bits per heavy atom. The Labute approximate surface area is 135 Å². The molecule has 22 heavy (non-hydrogen) atoms. The second-order valence-electron chi connectivity index (χ2n) is 5.91. The van der Waals surface area contributed by atoms with Crippen molar-refractivity contribution in [2.75, 3.05) is 18.5 Å². The zero-order valence-electron chi connectivity index (χ0n) is 13.8. The Kier molecular flexibility index (Phi) is 7.82. The molecule has 2 nitrogen and oxygen atoms in total. The maximum atomic E-state index is 5.33. The Balaban J connectivity index is 1.78. The van der Waals surface area contributed by atoms with Crippen molar-refractivity contribution in [3.05, 3.63) is 54.1 Å². The number of hydrogen-bond donors (Lipinski definition) is 1. The van der Waals surface area contributed by atoms with E-state index in [-0.39, 0.29) is 0 Å². The van der Waals surface area contributed by atoms with E-state index in [2.05, 4.69) is 60.8 Å². The summed E-state index contributed by atoms with van der Waals surface area (Å²) < 4.78 is 5.33. The van der Waals surface area contributed by atoms with Crippen LogP contribution in [0.2, 0.25) is 0 Å². The minimum absolute atomic E-state index is 0.308. The van der Waals surface area contributed by atoms with Crippen molar-refractivity contribution in [2.45, 2.75) is 51.6 Å². The molecule has 2 heteroatoms. The van der Waals surface area contributed by atoms with Crippen LogP contribution in [0.15, 0.2) is 48.5 Å². The highest BCUT2D eigenvalue weighted by atomic mass is 16.6. The van der Waals surface area contributed by atoms with E-state index < -0.39 is 0 Å². The molecule has 0 aliphatic carbocycles. The SMILES string of the molecule is CCCCCCCCNc1ccccc(C2CO2)cccc1. The Hall–Kier alpha value is -1.54. The predicted octanol–water partition coefficient (Wildman–Crippen LogP) is 5.65. The molecule has 120 valence electrons. The lowest BCUT2D eigenvalue weighted by Gasteiger charge is -2.05. The Morgan fingerprint density at radius 3 is 2.14 bits per heavy atom. The fraction of sp³-hybridized carbons (Fsp3) is 0.500. The van der Waals surface area contributed by atoms with Crippen molar-refractivity contribution in [2.24, 2.45) is 0 Å². The van der Waals surface area contributed by atoms with Crippen molar-refractivity contribution in [3.63, 3.8) is 0 Å². The molecule has 1 aromatic carbocycles. The molecule has 1 saturated heterocycles. The largest absolute Gasteiger partial charge is 0.385 e. The number of ether oxygens (including phenoxy) is 1. The molecule has 0 saturated carbocycles. The van der Waals surface area contributed by atoms with Gasteiger partial charge < -0.3 is 10.1 Å². The van der Waals surface area contributed by atoms with Crippen LogP contribution < -0.4 is 5.32 Å². The van der Waals surface area contributed by atoms with Crippen molar-refractivity contribution in [1.82, 2.24) is 0 Å². The summed E-state index contributed by atoms with van der Waals surface area (Å²) >= 11 is 0. The number of anilines is 1. The molecule has 1 heterocycles. The first-order chi connectivity index (χ1) is 10.9. The van der Waals surface area contributed by atoms with Gasteiger partial charge in [0.25, 0.3) is 0 Å². The first-order valence-electron chi connectivity index (χ1n) is 8.69. The van der Waals surface area contributed by atoms with Gasteiger partial charge in [-0.2, -0.15) is 0 Å². The molecule has 0 aromatic heterocycles. The first-order valence-corrected chi connectivity index (χ1v) is 8.69. The number of nitrogens with one attached hydrogen (secondary N) is 1. The molecule has 1 unspecified atom stereocenters. The molecule has 1 aromatic rings. The summed E-state index contributed by atoms with van der Waals surface area (Å²) in [7, 11) is 0. The van der Waals surface area contributed by atoms with Crippen molar-refractivity contribution < 1.29 is 4.74 Å². The molecular weight excluding hydrogens is 270 g/mol. The molecule has 0 amide bonds. The molecule has 2 rings (SSSR count). The normalized spacial score (nSPS) is 16.0. The van der Waals surface area contributed by atoms with E-state index in [1.807, 2.05) is 0 Å². The van der Waals surface area contributed by atoms with Crippen LogP contribution in [0.4, 0.5) is 5.69 Å². The molecule has 1 aliphatic heterocycles. The number of unbranched alkanes of at least 4 members (excludes halogenated alkanes) is 5. The van der Waals surface area contributed by atoms with Gasteiger partial charge in [-0.1, -0.05) is 75.4 Å². The maximum absolute atomic E-state index is 5.33. The lowest BCUT2D eigenvalue weighted by Crippen LogP contribution is -2.00. The summed E-state index contributed by atoms with van der Waals surface area (Å²) in [6.07, 6.45) is 8.32. The molecular formula is C20H29NO. The second-order valence-corrected chi connectivity index (χ2v) is 5.91. The summed E-state index contributed by atoms with van der Waals surface area (Å²) in [6, 6.07) is 16.9. The maximum Gasteiger partial charge on any atom is 0.106 e. The molecule has 1 aliphatic rings. The van der Waals surface area contributed by atoms with Gasteiger partial charge in [-0.05, 0) is 24.1 Å². The van der Waals surface area contributed by atoms with Crippen molar-refractivity contribution in [3.8, 4) is 0 Å². The quantitative estimate of drug-likeness (QED) is 0.470. The fourth-order valence-corrected chi connectivity index (χ4v) is 2.47. The molecule has 1 N–H and O–H groups in total. The van der Waals surface area contributed by atoms with Gasteiger partial charge in [-0.15, -0.1) is 0 Å². The summed E-state index contributed by atoms with van der Waals surface area (Å²) in [5, 5.41) is 3.52. The molecule has 0 bridgehead atoms. The summed E-state index contributed by atoms with van der Waals surface area (Å²) in [5.74, 6) is 0. The van der Waals surface area contributed by atoms with Crippen LogP contribution in [0, 0.1) is 0 Å². The lowest BCUT2D eigenvalue weighted by molar-refractivity contribution is 0.416. The van der Waals surface area contributed by atoms with Gasteiger partial charge in [-0.3, -0.25) is 0 Å². The van der Waals surface area contributed by atoms with Gasteiger partial charge in [0.05, 0.1) is 6.61 Å². The van der Waals surface area contributed by atoms with Crippen LogP contribution in [-0.4, -0.2) is 13.2 Å². The summed E-state index contributed by atoms with van der Waals surface area (Å²) in [5.41, 5.74) is 2.42. The lowest BCUT2D eigenvalue weighted by atomic mass is 10.1. The summed E-state index contributed by atoms with van der Waals surface area (Å²) in [6.45, 7) is 4.17.